The van der Waals surface area contributed by atoms with Gasteiger partial charge in [0.15, 0.2) is 22.5 Å². The second-order valence-electron chi connectivity index (χ2n) is 6.80. The second-order valence-corrected chi connectivity index (χ2v) is 7.87. The van der Waals surface area contributed by atoms with Crippen LogP contribution in [-0.4, -0.2) is 47.3 Å². The number of ether oxygens (including phenoxy) is 3. The lowest BCUT2D eigenvalue weighted by atomic mass is 10.1. The molecular formula is C23H27N3O4S. The molecular weight excluding hydrogens is 414 g/mol. The molecule has 7 nitrogen and oxygen atoms in total. The summed E-state index contributed by atoms with van der Waals surface area (Å²) in [6.07, 6.45) is 1.10. The van der Waals surface area contributed by atoms with Crippen molar-refractivity contribution in [2.45, 2.75) is 31.8 Å². The van der Waals surface area contributed by atoms with Crippen molar-refractivity contribution in [2.24, 2.45) is 0 Å². The highest BCUT2D eigenvalue weighted by molar-refractivity contribution is 7.99. The first-order chi connectivity index (χ1) is 15.1. The van der Waals surface area contributed by atoms with E-state index in [1.54, 1.807) is 26.0 Å². The van der Waals surface area contributed by atoms with Gasteiger partial charge in [-0.2, -0.15) is 0 Å². The van der Waals surface area contributed by atoms with E-state index in [4.69, 9.17) is 14.2 Å². The third-order valence-corrected chi connectivity index (χ3v) is 5.64. The maximum absolute atomic E-state index is 11.6. The summed E-state index contributed by atoms with van der Waals surface area (Å²) in [5, 5.41) is 9.66. The highest BCUT2D eigenvalue weighted by Crippen LogP contribution is 2.34. The number of hydrogen-bond acceptors (Lipinski definition) is 7. The van der Waals surface area contributed by atoms with Crippen LogP contribution in [0.25, 0.3) is 17.1 Å². The van der Waals surface area contributed by atoms with Crippen molar-refractivity contribution in [3.05, 3.63) is 48.0 Å². The van der Waals surface area contributed by atoms with Gasteiger partial charge in [-0.25, -0.2) is 0 Å². The molecule has 0 unspecified atom stereocenters. The van der Waals surface area contributed by atoms with E-state index in [2.05, 4.69) is 29.3 Å². The zero-order valence-electron chi connectivity index (χ0n) is 18.3. The number of aryl methyl sites for hydroxylation is 1. The van der Waals surface area contributed by atoms with Crippen molar-refractivity contribution >= 4 is 17.7 Å². The number of carbonyl (C=O) groups is 1. The quantitative estimate of drug-likeness (QED) is 0.256. The molecule has 0 bridgehead atoms. The average Bonchev–Trinajstić information content (AvgIpc) is 3.20. The minimum Gasteiger partial charge on any atom is -0.493 e. The van der Waals surface area contributed by atoms with Crippen molar-refractivity contribution in [3.8, 4) is 28.6 Å². The SMILES string of the molecule is CCOC(=O)CCCSc1nnc(-c2ccc(OC)c(OC)c2)n1-c1ccc(C)cc1. The summed E-state index contributed by atoms with van der Waals surface area (Å²) in [4.78, 5) is 11.6. The molecule has 0 amide bonds. The Kier molecular flexibility index (Phi) is 7.94. The van der Waals surface area contributed by atoms with Crippen LogP contribution in [0.4, 0.5) is 0 Å². The van der Waals surface area contributed by atoms with E-state index < -0.39 is 0 Å². The minimum absolute atomic E-state index is 0.172. The molecule has 0 spiro atoms. The Bertz CT molecular complexity index is 1020. The normalized spacial score (nSPS) is 10.7. The highest BCUT2D eigenvalue weighted by atomic mass is 32.2. The molecule has 8 heteroatoms. The molecule has 1 aromatic heterocycles. The maximum atomic E-state index is 11.6. The van der Waals surface area contributed by atoms with Crippen LogP contribution in [0.3, 0.4) is 0 Å². The summed E-state index contributed by atoms with van der Waals surface area (Å²) < 4.78 is 17.8. The number of benzene rings is 2. The average molecular weight is 442 g/mol. The summed E-state index contributed by atoms with van der Waals surface area (Å²) in [5.74, 6) is 2.55. The standard InChI is InChI=1S/C23H27N3O4S/c1-5-30-21(27)7-6-14-31-23-25-24-22(26(23)18-11-8-16(2)9-12-18)17-10-13-19(28-3)20(15-17)29-4/h8-13,15H,5-7,14H2,1-4H3. The van der Waals surface area contributed by atoms with Gasteiger partial charge in [0, 0.05) is 23.4 Å². The van der Waals surface area contributed by atoms with E-state index in [1.807, 2.05) is 41.8 Å². The van der Waals surface area contributed by atoms with Crippen LogP contribution in [0, 0.1) is 6.92 Å². The fraction of sp³-hybridized carbons (Fsp3) is 0.348. The number of methoxy groups -OCH3 is 2. The summed E-state index contributed by atoms with van der Waals surface area (Å²) in [6, 6.07) is 13.9. The van der Waals surface area contributed by atoms with Crippen molar-refractivity contribution in [1.29, 1.82) is 0 Å². The Morgan fingerprint density at radius 3 is 2.45 bits per heavy atom. The molecule has 0 aliphatic carbocycles. The summed E-state index contributed by atoms with van der Waals surface area (Å²) in [7, 11) is 3.22. The van der Waals surface area contributed by atoms with Crippen LogP contribution in [-0.2, 0) is 9.53 Å². The third kappa shape index (κ3) is 5.58. The first-order valence-electron chi connectivity index (χ1n) is 10.1. The van der Waals surface area contributed by atoms with Crippen LogP contribution < -0.4 is 9.47 Å². The lowest BCUT2D eigenvalue weighted by Crippen LogP contribution is -2.04. The van der Waals surface area contributed by atoms with Crippen LogP contribution >= 0.6 is 11.8 Å². The molecule has 0 radical (unpaired) electrons. The molecule has 2 aromatic carbocycles. The van der Waals surface area contributed by atoms with E-state index in [1.165, 1.54) is 5.56 Å². The van der Waals surface area contributed by atoms with Gasteiger partial charge in [-0.3, -0.25) is 9.36 Å². The minimum atomic E-state index is -0.172. The largest absolute Gasteiger partial charge is 0.493 e. The van der Waals surface area contributed by atoms with E-state index in [0.29, 0.717) is 36.8 Å². The van der Waals surface area contributed by atoms with E-state index >= 15 is 0 Å². The molecule has 0 atom stereocenters. The van der Waals surface area contributed by atoms with Gasteiger partial charge >= 0.3 is 5.97 Å². The summed E-state index contributed by atoms with van der Waals surface area (Å²) >= 11 is 1.56. The van der Waals surface area contributed by atoms with Gasteiger partial charge in [-0.05, 0) is 50.6 Å². The molecule has 31 heavy (non-hydrogen) atoms. The lowest BCUT2D eigenvalue weighted by molar-refractivity contribution is -0.143. The number of aromatic nitrogens is 3. The zero-order valence-corrected chi connectivity index (χ0v) is 19.1. The number of nitrogens with zero attached hydrogens (tertiary/aromatic N) is 3. The van der Waals surface area contributed by atoms with Crippen molar-refractivity contribution in [1.82, 2.24) is 14.8 Å². The number of hydrogen-bond donors (Lipinski definition) is 0. The number of rotatable bonds is 10. The Labute approximate surface area is 186 Å². The van der Waals surface area contributed by atoms with Gasteiger partial charge in [0.1, 0.15) is 0 Å². The van der Waals surface area contributed by atoms with Gasteiger partial charge in [0.05, 0.1) is 20.8 Å². The molecule has 0 saturated heterocycles. The predicted octanol–water partition coefficient (Wildman–Crippen LogP) is 4.70. The van der Waals surface area contributed by atoms with Crippen molar-refractivity contribution in [2.75, 3.05) is 26.6 Å². The van der Waals surface area contributed by atoms with Gasteiger partial charge in [-0.15, -0.1) is 10.2 Å². The molecule has 0 fully saturated rings. The van der Waals surface area contributed by atoms with Crippen LogP contribution in [0.5, 0.6) is 11.5 Å². The van der Waals surface area contributed by atoms with Crippen molar-refractivity contribution in [3.63, 3.8) is 0 Å². The lowest BCUT2D eigenvalue weighted by Gasteiger charge is -2.12. The Morgan fingerprint density at radius 1 is 1.03 bits per heavy atom. The first kappa shape index (κ1) is 22.7. The van der Waals surface area contributed by atoms with E-state index in [0.717, 1.165) is 22.2 Å². The molecule has 0 saturated carbocycles. The van der Waals surface area contributed by atoms with E-state index in [-0.39, 0.29) is 5.97 Å². The van der Waals surface area contributed by atoms with E-state index in [9.17, 15) is 4.79 Å². The second kappa shape index (κ2) is 10.9. The molecule has 1 heterocycles. The maximum Gasteiger partial charge on any atom is 0.305 e. The van der Waals surface area contributed by atoms with Gasteiger partial charge in [0.2, 0.25) is 0 Å². The first-order valence-corrected chi connectivity index (χ1v) is 11.1. The number of carbonyl (C=O) groups excluding carboxylic acids is 1. The molecule has 164 valence electrons. The van der Waals surface area contributed by atoms with Gasteiger partial charge in [-0.1, -0.05) is 29.5 Å². The molecule has 3 rings (SSSR count). The Morgan fingerprint density at radius 2 is 1.77 bits per heavy atom. The molecule has 0 aliphatic heterocycles. The number of esters is 1. The zero-order chi connectivity index (χ0) is 22.2. The number of thioether (sulfide) groups is 1. The Balaban J connectivity index is 1.91. The molecule has 0 aliphatic rings. The Hall–Kier alpha value is -3.00. The van der Waals surface area contributed by atoms with Gasteiger partial charge in [0.25, 0.3) is 0 Å². The van der Waals surface area contributed by atoms with Crippen molar-refractivity contribution < 1.29 is 19.0 Å². The smallest absolute Gasteiger partial charge is 0.305 e. The summed E-state index contributed by atoms with van der Waals surface area (Å²) in [6.45, 7) is 4.27. The molecule has 0 N–H and O–H groups in total. The third-order valence-electron chi connectivity index (χ3n) is 4.63. The molecule has 3 aromatic rings. The fourth-order valence-corrected chi connectivity index (χ4v) is 3.96. The van der Waals surface area contributed by atoms with Crippen LogP contribution in [0.2, 0.25) is 0 Å². The topological polar surface area (TPSA) is 75.5 Å². The van der Waals surface area contributed by atoms with Crippen LogP contribution in [0.15, 0.2) is 47.6 Å². The van der Waals surface area contributed by atoms with Gasteiger partial charge < -0.3 is 14.2 Å². The van der Waals surface area contributed by atoms with Crippen LogP contribution in [0.1, 0.15) is 25.3 Å². The highest BCUT2D eigenvalue weighted by Gasteiger charge is 2.18. The predicted molar refractivity (Wildman–Crippen MR) is 121 cm³/mol. The monoisotopic (exact) mass is 441 g/mol. The summed E-state index contributed by atoms with van der Waals surface area (Å²) in [5.41, 5.74) is 3.01. The fourth-order valence-electron chi connectivity index (χ4n) is 3.07.